The molecule has 1 aromatic heterocycles. The molecule has 0 saturated heterocycles. The van der Waals surface area contributed by atoms with Crippen molar-refractivity contribution in [2.75, 3.05) is 0 Å². The summed E-state index contributed by atoms with van der Waals surface area (Å²) in [6.45, 7) is 0. The molecule has 1 heterocycles. The minimum absolute atomic E-state index is 0.0727. The Morgan fingerprint density at radius 2 is 2.21 bits per heavy atom. The molecule has 0 atom stereocenters. The van der Waals surface area contributed by atoms with Gasteiger partial charge < -0.3 is 5.11 Å². The first kappa shape index (κ1) is 9.43. The number of benzene rings is 1. The maximum absolute atomic E-state index is 13.1. The van der Waals surface area contributed by atoms with E-state index < -0.39 is 11.8 Å². The van der Waals surface area contributed by atoms with Crippen LogP contribution in [0.2, 0.25) is 5.02 Å². The summed E-state index contributed by atoms with van der Waals surface area (Å²) in [6, 6.07) is 2.72. The number of carbonyl (C=O) groups is 1. The van der Waals surface area contributed by atoms with E-state index in [1.807, 2.05) is 0 Å². The minimum Gasteiger partial charge on any atom is -0.478 e. The van der Waals surface area contributed by atoms with Gasteiger partial charge in [0, 0.05) is 15.5 Å². The van der Waals surface area contributed by atoms with Gasteiger partial charge in [-0.1, -0.05) is 11.6 Å². The first-order valence-corrected chi connectivity index (χ1v) is 4.95. The monoisotopic (exact) mass is 230 g/mol. The van der Waals surface area contributed by atoms with E-state index in [0.29, 0.717) is 10.1 Å². The highest BCUT2D eigenvalue weighted by molar-refractivity contribution is 7.17. The second kappa shape index (κ2) is 3.22. The number of aromatic carboxylic acids is 1. The van der Waals surface area contributed by atoms with Gasteiger partial charge in [-0.2, -0.15) is 0 Å². The average molecular weight is 231 g/mol. The molecule has 1 N–H and O–H groups in total. The van der Waals surface area contributed by atoms with Crippen molar-refractivity contribution >= 4 is 39.0 Å². The molecule has 72 valence electrons. The van der Waals surface area contributed by atoms with Crippen LogP contribution in [0.4, 0.5) is 4.39 Å². The highest BCUT2D eigenvalue weighted by atomic mass is 35.5. The third kappa shape index (κ3) is 1.36. The van der Waals surface area contributed by atoms with Gasteiger partial charge in [-0.15, -0.1) is 11.3 Å². The smallest absolute Gasteiger partial charge is 0.337 e. The summed E-state index contributed by atoms with van der Waals surface area (Å²) in [5, 5.41) is 10.5. The molecule has 2 nitrogen and oxygen atoms in total. The number of hydrogen-bond acceptors (Lipinski definition) is 2. The van der Waals surface area contributed by atoms with Crippen LogP contribution in [0.1, 0.15) is 10.4 Å². The van der Waals surface area contributed by atoms with Gasteiger partial charge >= 0.3 is 5.97 Å². The van der Waals surface area contributed by atoms with Crippen LogP contribution in [-0.2, 0) is 0 Å². The minimum atomic E-state index is -1.15. The molecule has 0 bridgehead atoms. The Kier molecular flexibility index (Phi) is 2.17. The number of fused-ring (bicyclic) bond motifs is 1. The van der Waals surface area contributed by atoms with Crippen molar-refractivity contribution in [2.24, 2.45) is 0 Å². The molecule has 0 aliphatic rings. The molecule has 0 spiro atoms. The molecule has 0 aliphatic heterocycles. The van der Waals surface area contributed by atoms with Gasteiger partial charge in [0.15, 0.2) is 0 Å². The molecule has 0 saturated carbocycles. The molecule has 14 heavy (non-hydrogen) atoms. The van der Waals surface area contributed by atoms with E-state index in [9.17, 15) is 9.18 Å². The lowest BCUT2D eigenvalue weighted by Gasteiger charge is -1.98. The van der Waals surface area contributed by atoms with Gasteiger partial charge in [0.25, 0.3) is 0 Å². The maximum Gasteiger partial charge on any atom is 0.337 e. The number of hydrogen-bond donors (Lipinski definition) is 1. The maximum atomic E-state index is 13.1. The number of rotatable bonds is 1. The van der Waals surface area contributed by atoms with Crippen LogP contribution in [0, 0.1) is 5.82 Å². The van der Waals surface area contributed by atoms with E-state index in [-0.39, 0.29) is 10.6 Å². The first-order valence-electron chi connectivity index (χ1n) is 3.69. The topological polar surface area (TPSA) is 37.3 Å². The zero-order valence-corrected chi connectivity index (χ0v) is 8.32. The van der Waals surface area contributed by atoms with Crippen LogP contribution in [0.3, 0.4) is 0 Å². The number of carboxylic acid groups (broad SMARTS) is 1. The van der Waals surface area contributed by atoms with Crippen molar-refractivity contribution in [1.29, 1.82) is 0 Å². The Hall–Kier alpha value is -1.13. The summed E-state index contributed by atoms with van der Waals surface area (Å²) in [6.07, 6.45) is 0. The molecule has 1 aromatic carbocycles. The molecule has 0 radical (unpaired) electrons. The van der Waals surface area contributed by atoms with Gasteiger partial charge in [-0.05, 0) is 12.1 Å². The fourth-order valence-electron chi connectivity index (χ4n) is 1.18. The molecule has 0 fully saturated rings. The quantitative estimate of drug-likeness (QED) is 0.815. The second-order valence-electron chi connectivity index (χ2n) is 2.72. The van der Waals surface area contributed by atoms with Crippen molar-refractivity contribution in [3.05, 3.63) is 33.9 Å². The zero-order chi connectivity index (χ0) is 10.3. The summed E-state index contributed by atoms with van der Waals surface area (Å²) in [7, 11) is 0. The highest BCUT2D eigenvalue weighted by Gasteiger charge is 2.12. The van der Waals surface area contributed by atoms with Gasteiger partial charge in [-0.25, -0.2) is 9.18 Å². The van der Waals surface area contributed by atoms with Crippen LogP contribution in [-0.4, -0.2) is 11.1 Å². The van der Waals surface area contributed by atoms with Gasteiger partial charge in [0.1, 0.15) is 5.82 Å². The van der Waals surface area contributed by atoms with Crippen LogP contribution in [0.15, 0.2) is 17.5 Å². The second-order valence-corrected chi connectivity index (χ2v) is 4.04. The standard InChI is InChI=1S/C9H4ClFO2S/c10-6-2-8-5(7(11)3-14-8)1-4(6)9(12)13/h1-3H,(H,12,13). The Bertz CT molecular complexity index is 521. The molecule has 2 aromatic rings. The molecule has 5 heteroatoms. The lowest BCUT2D eigenvalue weighted by molar-refractivity contribution is 0.0697. The summed E-state index contributed by atoms with van der Waals surface area (Å²) in [5.74, 6) is -1.56. The van der Waals surface area contributed by atoms with Crippen molar-refractivity contribution in [1.82, 2.24) is 0 Å². The lowest BCUT2D eigenvalue weighted by atomic mass is 10.1. The van der Waals surface area contributed by atoms with Gasteiger partial charge in [0.2, 0.25) is 0 Å². The van der Waals surface area contributed by atoms with Crippen LogP contribution in [0.25, 0.3) is 10.1 Å². The van der Waals surface area contributed by atoms with E-state index in [1.54, 1.807) is 0 Å². The fourth-order valence-corrected chi connectivity index (χ4v) is 2.32. The lowest BCUT2D eigenvalue weighted by Crippen LogP contribution is -1.96. The largest absolute Gasteiger partial charge is 0.478 e. The number of carboxylic acids is 1. The SMILES string of the molecule is O=C(O)c1cc2c(F)csc2cc1Cl. The zero-order valence-electron chi connectivity index (χ0n) is 6.75. The normalized spacial score (nSPS) is 10.7. The highest BCUT2D eigenvalue weighted by Crippen LogP contribution is 2.30. The van der Waals surface area contributed by atoms with Crippen molar-refractivity contribution in [2.45, 2.75) is 0 Å². The molecule has 0 aliphatic carbocycles. The van der Waals surface area contributed by atoms with Gasteiger partial charge in [0.05, 0.1) is 10.6 Å². The number of halogens is 2. The van der Waals surface area contributed by atoms with E-state index in [4.69, 9.17) is 16.7 Å². The Labute approximate surface area is 87.5 Å². The summed E-state index contributed by atoms with van der Waals surface area (Å²) in [4.78, 5) is 10.7. The average Bonchev–Trinajstić information content (AvgIpc) is 2.46. The molecule has 0 amide bonds. The summed E-state index contributed by atoms with van der Waals surface area (Å²) in [5.41, 5.74) is -0.0727. The summed E-state index contributed by atoms with van der Waals surface area (Å²) >= 11 is 6.91. The van der Waals surface area contributed by atoms with Gasteiger partial charge in [-0.3, -0.25) is 0 Å². The van der Waals surface area contributed by atoms with Crippen LogP contribution >= 0.6 is 22.9 Å². The Morgan fingerprint density at radius 3 is 2.86 bits per heavy atom. The molecule has 2 rings (SSSR count). The summed E-state index contributed by atoms with van der Waals surface area (Å²) < 4.78 is 13.7. The molecular formula is C9H4ClFO2S. The Morgan fingerprint density at radius 1 is 1.50 bits per heavy atom. The molecule has 0 unspecified atom stereocenters. The van der Waals surface area contributed by atoms with Crippen LogP contribution in [0.5, 0.6) is 0 Å². The first-order chi connectivity index (χ1) is 6.59. The van der Waals surface area contributed by atoms with Crippen molar-refractivity contribution in [3.63, 3.8) is 0 Å². The fraction of sp³-hybridized carbons (Fsp3) is 0. The van der Waals surface area contributed by atoms with Crippen molar-refractivity contribution < 1.29 is 14.3 Å². The van der Waals surface area contributed by atoms with Crippen LogP contribution < -0.4 is 0 Å². The van der Waals surface area contributed by atoms with E-state index in [0.717, 1.165) is 0 Å². The predicted octanol–water partition coefficient (Wildman–Crippen LogP) is 3.39. The molecular weight excluding hydrogens is 227 g/mol. The predicted molar refractivity (Wildman–Crippen MR) is 53.8 cm³/mol. The van der Waals surface area contributed by atoms with E-state index >= 15 is 0 Å². The number of thiophene rings is 1. The third-order valence-corrected chi connectivity index (χ3v) is 3.08. The van der Waals surface area contributed by atoms with E-state index in [1.165, 1.54) is 28.8 Å². The van der Waals surface area contributed by atoms with E-state index in [2.05, 4.69) is 0 Å². The Balaban J connectivity index is 2.80. The van der Waals surface area contributed by atoms with Crippen molar-refractivity contribution in [3.8, 4) is 0 Å². The third-order valence-electron chi connectivity index (χ3n) is 1.85.